The van der Waals surface area contributed by atoms with Gasteiger partial charge in [-0.1, -0.05) is 18.2 Å². The van der Waals surface area contributed by atoms with Crippen molar-refractivity contribution in [3.05, 3.63) is 87.9 Å². The Morgan fingerprint density at radius 1 is 1.10 bits per heavy atom. The Morgan fingerprint density at radius 2 is 2.00 bits per heavy atom. The molecule has 0 saturated carbocycles. The molecule has 1 N–H and O–H groups in total. The Labute approximate surface area is 166 Å². The van der Waals surface area contributed by atoms with Gasteiger partial charge < -0.3 is 4.57 Å². The topological polar surface area (TPSA) is 81.4 Å². The molecule has 4 aromatic heterocycles. The molecule has 7 nitrogen and oxygen atoms in total. The number of nitrogens with zero attached hydrogens (tertiary/aromatic N) is 5. The maximum Gasteiger partial charge on any atom is 0.291 e. The zero-order chi connectivity index (χ0) is 20.0. The maximum atomic E-state index is 13.1. The Morgan fingerprint density at radius 3 is 2.79 bits per heavy atom. The van der Waals surface area contributed by atoms with Crippen LogP contribution in [0.15, 0.2) is 59.7 Å². The quantitative estimate of drug-likeness (QED) is 0.517. The van der Waals surface area contributed by atoms with Crippen molar-refractivity contribution in [3.63, 3.8) is 0 Å². The van der Waals surface area contributed by atoms with Gasteiger partial charge in [0.1, 0.15) is 5.52 Å². The molecule has 0 spiro atoms. The van der Waals surface area contributed by atoms with Crippen LogP contribution >= 0.6 is 0 Å². The molecule has 0 aliphatic heterocycles. The Balaban J connectivity index is 1.61. The van der Waals surface area contributed by atoms with E-state index in [0.717, 1.165) is 45.4 Å². The summed E-state index contributed by atoms with van der Waals surface area (Å²) in [5.74, 6) is 0. The highest BCUT2D eigenvalue weighted by molar-refractivity contribution is 6.07. The van der Waals surface area contributed by atoms with E-state index in [-0.39, 0.29) is 5.56 Å². The number of fused-ring (bicyclic) bond motifs is 3. The highest BCUT2D eigenvalue weighted by atomic mass is 16.1. The molecule has 0 bridgehead atoms. The normalized spacial score (nSPS) is 11.5. The third kappa shape index (κ3) is 3.00. The molecule has 0 saturated heterocycles. The molecule has 7 heteroatoms. The van der Waals surface area contributed by atoms with Crippen LogP contribution < -0.4 is 5.56 Å². The Kier molecular flexibility index (Phi) is 4.01. The van der Waals surface area contributed by atoms with E-state index in [1.165, 1.54) is 4.68 Å². The second kappa shape index (κ2) is 6.70. The summed E-state index contributed by atoms with van der Waals surface area (Å²) in [7, 11) is 1.93. The summed E-state index contributed by atoms with van der Waals surface area (Å²) in [6.45, 7) is 2.36. The van der Waals surface area contributed by atoms with Crippen molar-refractivity contribution in [2.75, 3.05) is 0 Å². The van der Waals surface area contributed by atoms with E-state index in [1.54, 1.807) is 12.4 Å². The van der Waals surface area contributed by atoms with Crippen molar-refractivity contribution in [2.45, 2.75) is 19.9 Å². The molecule has 0 unspecified atom stereocenters. The fourth-order valence-electron chi connectivity index (χ4n) is 3.87. The molecule has 5 aromatic rings. The van der Waals surface area contributed by atoms with Gasteiger partial charge in [0.05, 0.1) is 18.4 Å². The first-order chi connectivity index (χ1) is 14.1. The predicted molar refractivity (Wildman–Crippen MR) is 112 cm³/mol. The van der Waals surface area contributed by atoms with Crippen molar-refractivity contribution >= 4 is 21.8 Å². The van der Waals surface area contributed by atoms with E-state index < -0.39 is 0 Å². The zero-order valence-electron chi connectivity index (χ0n) is 16.3. The van der Waals surface area contributed by atoms with E-state index in [4.69, 9.17) is 0 Å². The molecule has 5 rings (SSSR count). The van der Waals surface area contributed by atoms with Gasteiger partial charge in [0.2, 0.25) is 0 Å². The van der Waals surface area contributed by atoms with Gasteiger partial charge in [-0.15, -0.1) is 0 Å². The average Bonchev–Trinajstić information content (AvgIpc) is 3.31. The smallest absolute Gasteiger partial charge is 0.291 e. The van der Waals surface area contributed by atoms with Gasteiger partial charge in [-0.3, -0.25) is 14.9 Å². The summed E-state index contributed by atoms with van der Waals surface area (Å²) < 4.78 is 3.43. The third-order valence-electron chi connectivity index (χ3n) is 5.28. The van der Waals surface area contributed by atoms with Gasteiger partial charge in [0, 0.05) is 47.3 Å². The van der Waals surface area contributed by atoms with Gasteiger partial charge in [0.15, 0.2) is 0 Å². The van der Waals surface area contributed by atoms with Crippen LogP contribution in [0.3, 0.4) is 0 Å². The SMILES string of the molecule is Cc1cccc(Cc2ccc3c4cnn(Cc5ccn[nH]5)c(=O)c4n(C)c3c2)n1. The van der Waals surface area contributed by atoms with Gasteiger partial charge in [-0.05, 0) is 36.8 Å². The lowest BCUT2D eigenvalue weighted by atomic mass is 10.1. The summed E-state index contributed by atoms with van der Waals surface area (Å²) in [6.07, 6.45) is 4.19. The molecule has 0 fully saturated rings. The number of H-pyrrole nitrogens is 1. The summed E-state index contributed by atoms with van der Waals surface area (Å²) in [6, 6.07) is 14.2. The van der Waals surface area contributed by atoms with Crippen LogP contribution in [-0.2, 0) is 20.0 Å². The summed E-state index contributed by atoms with van der Waals surface area (Å²) in [4.78, 5) is 17.7. The lowest BCUT2D eigenvalue weighted by Crippen LogP contribution is -2.24. The molecular weight excluding hydrogens is 364 g/mol. The number of rotatable bonds is 4. The van der Waals surface area contributed by atoms with E-state index >= 15 is 0 Å². The molecule has 144 valence electrons. The van der Waals surface area contributed by atoms with Crippen LogP contribution in [-0.4, -0.2) is 29.5 Å². The summed E-state index contributed by atoms with van der Waals surface area (Å²) in [5, 5.41) is 13.1. The van der Waals surface area contributed by atoms with Crippen LogP contribution in [0.4, 0.5) is 0 Å². The van der Waals surface area contributed by atoms with Crippen LogP contribution in [0.1, 0.15) is 22.6 Å². The summed E-state index contributed by atoms with van der Waals surface area (Å²) >= 11 is 0. The minimum Gasteiger partial charge on any atom is -0.339 e. The monoisotopic (exact) mass is 384 g/mol. The van der Waals surface area contributed by atoms with Crippen molar-refractivity contribution in [1.82, 2.24) is 29.5 Å². The van der Waals surface area contributed by atoms with Gasteiger partial charge in [-0.25, -0.2) is 4.68 Å². The van der Waals surface area contributed by atoms with Gasteiger partial charge in [-0.2, -0.15) is 10.2 Å². The van der Waals surface area contributed by atoms with E-state index in [1.807, 2.05) is 42.8 Å². The Bertz CT molecular complexity index is 1390. The van der Waals surface area contributed by atoms with Crippen LogP contribution in [0.2, 0.25) is 0 Å². The second-order valence-electron chi connectivity index (χ2n) is 7.31. The summed E-state index contributed by atoms with van der Waals surface area (Å²) in [5.41, 5.74) is 5.60. The second-order valence-corrected chi connectivity index (χ2v) is 7.31. The number of aromatic amines is 1. The number of hydrogen-bond donors (Lipinski definition) is 1. The molecule has 0 amide bonds. The van der Waals surface area contributed by atoms with Crippen LogP contribution in [0, 0.1) is 6.92 Å². The minimum absolute atomic E-state index is 0.113. The fourth-order valence-corrected chi connectivity index (χ4v) is 3.87. The van der Waals surface area contributed by atoms with E-state index in [0.29, 0.717) is 12.1 Å². The number of aromatic nitrogens is 6. The highest BCUT2D eigenvalue weighted by Gasteiger charge is 2.15. The number of aryl methyl sites for hydroxylation is 2. The van der Waals surface area contributed by atoms with Crippen molar-refractivity contribution in [3.8, 4) is 0 Å². The molecule has 0 aliphatic rings. The van der Waals surface area contributed by atoms with Crippen LogP contribution in [0.5, 0.6) is 0 Å². The Hall–Kier alpha value is -3.74. The fraction of sp³-hybridized carbons (Fsp3) is 0.182. The number of benzene rings is 1. The first kappa shape index (κ1) is 17.4. The molecular formula is C22H20N6O. The first-order valence-corrected chi connectivity index (χ1v) is 9.48. The standard InChI is InChI=1S/C22H20N6O/c1-14-4-3-5-16(25-14)10-15-6-7-18-19-12-24-28(13-17-8-9-23-26-17)22(29)21(19)27(2)20(18)11-15/h3-9,11-12H,10,13H2,1-2H3,(H,23,26). The molecule has 4 heterocycles. The highest BCUT2D eigenvalue weighted by Crippen LogP contribution is 2.27. The predicted octanol–water partition coefficient (Wildman–Crippen LogP) is 2.95. The molecule has 0 radical (unpaired) electrons. The van der Waals surface area contributed by atoms with Crippen molar-refractivity contribution in [2.24, 2.45) is 7.05 Å². The largest absolute Gasteiger partial charge is 0.339 e. The average molecular weight is 384 g/mol. The van der Waals surface area contributed by atoms with Crippen LogP contribution in [0.25, 0.3) is 21.8 Å². The van der Waals surface area contributed by atoms with Gasteiger partial charge >= 0.3 is 0 Å². The van der Waals surface area contributed by atoms with E-state index in [2.05, 4.69) is 38.5 Å². The lowest BCUT2D eigenvalue weighted by Gasteiger charge is -2.04. The number of nitrogens with one attached hydrogen (secondary N) is 1. The number of hydrogen-bond acceptors (Lipinski definition) is 4. The van der Waals surface area contributed by atoms with Gasteiger partial charge in [0.25, 0.3) is 5.56 Å². The lowest BCUT2D eigenvalue weighted by molar-refractivity contribution is 0.631. The minimum atomic E-state index is -0.113. The molecule has 0 atom stereocenters. The third-order valence-corrected chi connectivity index (χ3v) is 5.28. The zero-order valence-corrected chi connectivity index (χ0v) is 16.3. The van der Waals surface area contributed by atoms with Crippen molar-refractivity contribution in [1.29, 1.82) is 0 Å². The number of pyridine rings is 1. The van der Waals surface area contributed by atoms with Crippen molar-refractivity contribution < 1.29 is 0 Å². The molecule has 29 heavy (non-hydrogen) atoms. The molecule has 0 aliphatic carbocycles. The maximum absolute atomic E-state index is 13.1. The first-order valence-electron chi connectivity index (χ1n) is 9.48. The molecule has 1 aromatic carbocycles. The van der Waals surface area contributed by atoms with E-state index in [9.17, 15) is 4.79 Å².